The third kappa shape index (κ3) is 5.43. The fourth-order valence-corrected chi connectivity index (χ4v) is 2.75. The van der Waals surface area contributed by atoms with Crippen LogP contribution in [0.15, 0.2) is 48.5 Å². The minimum Gasteiger partial charge on any atom is -0.352 e. The molecule has 0 unspecified atom stereocenters. The molecule has 0 bridgehead atoms. The van der Waals surface area contributed by atoms with Gasteiger partial charge in [-0.2, -0.15) is 0 Å². The summed E-state index contributed by atoms with van der Waals surface area (Å²) in [5.41, 5.74) is 5.41. The normalized spacial score (nSPS) is 10.3. The van der Waals surface area contributed by atoms with E-state index < -0.39 is 0 Å². The van der Waals surface area contributed by atoms with Crippen molar-refractivity contribution in [1.82, 2.24) is 10.8 Å². The molecule has 25 heavy (non-hydrogen) atoms. The Morgan fingerprint density at radius 2 is 1.72 bits per heavy atom. The molecule has 2 aromatic rings. The van der Waals surface area contributed by atoms with Gasteiger partial charge in [0.05, 0.1) is 0 Å². The quantitative estimate of drug-likeness (QED) is 0.391. The molecule has 0 heterocycles. The second-order valence-electron chi connectivity index (χ2n) is 5.95. The van der Waals surface area contributed by atoms with Crippen LogP contribution in [0.25, 0.3) is 11.1 Å². The van der Waals surface area contributed by atoms with Gasteiger partial charge in [0, 0.05) is 18.5 Å². The first kappa shape index (κ1) is 18.7. The van der Waals surface area contributed by atoms with Crippen LogP contribution in [0.3, 0.4) is 0 Å². The Morgan fingerprint density at radius 1 is 0.960 bits per heavy atom. The number of nitrogens with one attached hydrogen (secondary N) is 2. The zero-order valence-electron chi connectivity index (χ0n) is 14.4. The van der Waals surface area contributed by atoms with Crippen molar-refractivity contribution in [2.24, 2.45) is 0 Å². The molecular formula is C20H24N2O3. The van der Waals surface area contributed by atoms with Gasteiger partial charge in [-0.15, -0.1) is 0 Å². The zero-order valence-corrected chi connectivity index (χ0v) is 14.4. The summed E-state index contributed by atoms with van der Waals surface area (Å²) in [6.45, 7) is 2.53. The fourth-order valence-electron chi connectivity index (χ4n) is 2.75. The van der Waals surface area contributed by atoms with Crippen molar-refractivity contribution in [2.45, 2.75) is 32.6 Å². The molecule has 0 saturated carbocycles. The van der Waals surface area contributed by atoms with Crippen molar-refractivity contribution in [3.05, 3.63) is 59.7 Å². The Balaban J connectivity index is 1.89. The average molecular weight is 340 g/mol. The van der Waals surface area contributed by atoms with E-state index >= 15 is 0 Å². The molecule has 0 aromatic heterocycles. The number of hydroxylamine groups is 1. The van der Waals surface area contributed by atoms with Crippen molar-refractivity contribution >= 4 is 11.8 Å². The van der Waals surface area contributed by atoms with Gasteiger partial charge in [-0.1, -0.05) is 48.9 Å². The SMILES string of the molecule is Cc1c(C(=O)NCCCCCC(=O)NO)cccc1-c1ccccc1. The van der Waals surface area contributed by atoms with E-state index in [2.05, 4.69) is 5.32 Å². The number of carbonyl (C=O) groups is 2. The summed E-state index contributed by atoms with van der Waals surface area (Å²) in [4.78, 5) is 23.3. The summed E-state index contributed by atoms with van der Waals surface area (Å²) in [5.74, 6) is -0.458. The van der Waals surface area contributed by atoms with Crippen LogP contribution >= 0.6 is 0 Å². The maximum atomic E-state index is 12.4. The summed E-state index contributed by atoms with van der Waals surface area (Å²) < 4.78 is 0. The minimum absolute atomic E-state index is 0.0802. The summed E-state index contributed by atoms with van der Waals surface area (Å²) in [6, 6.07) is 15.8. The molecule has 0 radical (unpaired) electrons. The van der Waals surface area contributed by atoms with Gasteiger partial charge in [-0.3, -0.25) is 14.8 Å². The van der Waals surface area contributed by atoms with Gasteiger partial charge in [0.15, 0.2) is 0 Å². The molecule has 0 spiro atoms. The summed E-state index contributed by atoms with van der Waals surface area (Å²) in [5, 5.41) is 11.3. The van der Waals surface area contributed by atoms with Gasteiger partial charge < -0.3 is 5.32 Å². The highest BCUT2D eigenvalue weighted by atomic mass is 16.5. The monoisotopic (exact) mass is 340 g/mol. The Hall–Kier alpha value is -2.66. The van der Waals surface area contributed by atoms with Crippen LogP contribution in [0.4, 0.5) is 0 Å². The van der Waals surface area contributed by atoms with Crippen molar-refractivity contribution in [2.75, 3.05) is 6.54 Å². The lowest BCUT2D eigenvalue weighted by Crippen LogP contribution is -2.25. The number of amides is 2. The Morgan fingerprint density at radius 3 is 2.44 bits per heavy atom. The number of benzene rings is 2. The number of rotatable bonds is 8. The van der Waals surface area contributed by atoms with Crippen molar-refractivity contribution in [1.29, 1.82) is 0 Å². The van der Waals surface area contributed by atoms with Crippen molar-refractivity contribution in [3.63, 3.8) is 0 Å². The van der Waals surface area contributed by atoms with Gasteiger partial charge in [0.25, 0.3) is 5.91 Å². The van der Waals surface area contributed by atoms with Crippen molar-refractivity contribution in [3.8, 4) is 11.1 Å². The van der Waals surface area contributed by atoms with E-state index in [0.29, 0.717) is 24.9 Å². The highest BCUT2D eigenvalue weighted by Gasteiger charge is 2.12. The van der Waals surface area contributed by atoms with E-state index in [-0.39, 0.29) is 11.8 Å². The molecule has 5 nitrogen and oxygen atoms in total. The molecule has 2 aromatic carbocycles. The van der Waals surface area contributed by atoms with Crippen LogP contribution in [0.5, 0.6) is 0 Å². The Kier molecular flexibility index (Phi) is 7.16. The molecule has 0 aliphatic rings. The van der Waals surface area contributed by atoms with Crippen molar-refractivity contribution < 1.29 is 14.8 Å². The van der Waals surface area contributed by atoms with Crippen LogP contribution in [0.1, 0.15) is 41.6 Å². The van der Waals surface area contributed by atoms with Gasteiger partial charge in [-0.25, -0.2) is 5.48 Å². The molecule has 2 amide bonds. The van der Waals surface area contributed by atoms with Crippen LogP contribution < -0.4 is 10.8 Å². The lowest BCUT2D eigenvalue weighted by atomic mass is 9.96. The molecule has 3 N–H and O–H groups in total. The minimum atomic E-state index is -0.377. The van der Waals surface area contributed by atoms with Gasteiger partial charge in [0.2, 0.25) is 5.91 Å². The number of hydrogen-bond acceptors (Lipinski definition) is 3. The standard InChI is InChI=1S/C20H24N2O3/c1-15-17(16-9-4-2-5-10-16)11-8-12-18(15)20(24)21-14-7-3-6-13-19(23)22-25/h2,4-5,8-12,25H,3,6-7,13-14H2,1H3,(H,21,24)(H,22,23). The van der Waals surface area contributed by atoms with E-state index in [4.69, 9.17) is 5.21 Å². The first-order valence-corrected chi connectivity index (χ1v) is 8.49. The summed E-state index contributed by atoms with van der Waals surface area (Å²) >= 11 is 0. The lowest BCUT2D eigenvalue weighted by molar-refractivity contribution is -0.129. The average Bonchev–Trinajstić information content (AvgIpc) is 2.65. The zero-order chi connectivity index (χ0) is 18.1. The van der Waals surface area contributed by atoms with Gasteiger partial charge >= 0.3 is 0 Å². The first-order valence-electron chi connectivity index (χ1n) is 8.49. The topological polar surface area (TPSA) is 78.4 Å². The van der Waals surface area contributed by atoms with E-state index in [9.17, 15) is 9.59 Å². The predicted octanol–water partition coefficient (Wildman–Crippen LogP) is 3.46. The summed E-state index contributed by atoms with van der Waals surface area (Å²) in [7, 11) is 0. The number of carbonyl (C=O) groups excluding carboxylic acids is 2. The molecular weight excluding hydrogens is 316 g/mol. The van der Waals surface area contributed by atoms with E-state index in [1.54, 1.807) is 5.48 Å². The molecule has 0 aliphatic carbocycles. The third-order valence-electron chi connectivity index (χ3n) is 4.15. The van der Waals surface area contributed by atoms with Crippen LogP contribution in [-0.2, 0) is 4.79 Å². The molecule has 0 saturated heterocycles. The Bertz CT molecular complexity index is 714. The predicted molar refractivity (Wildman–Crippen MR) is 97.3 cm³/mol. The van der Waals surface area contributed by atoms with Crippen LogP contribution in [0.2, 0.25) is 0 Å². The molecule has 0 aliphatic heterocycles. The maximum absolute atomic E-state index is 12.4. The summed E-state index contributed by atoms with van der Waals surface area (Å²) in [6.07, 6.45) is 2.59. The first-order chi connectivity index (χ1) is 12.1. The van der Waals surface area contributed by atoms with Gasteiger partial charge in [-0.05, 0) is 42.5 Å². The molecule has 2 rings (SSSR count). The molecule has 0 fully saturated rings. The van der Waals surface area contributed by atoms with E-state index in [1.807, 2.05) is 55.5 Å². The largest absolute Gasteiger partial charge is 0.352 e. The highest BCUT2D eigenvalue weighted by molar-refractivity contribution is 5.97. The number of unbranched alkanes of at least 4 members (excludes halogenated alkanes) is 2. The van der Waals surface area contributed by atoms with Gasteiger partial charge in [0.1, 0.15) is 0 Å². The van der Waals surface area contributed by atoms with E-state index in [1.165, 1.54) is 0 Å². The second kappa shape index (κ2) is 9.59. The Labute approximate surface area is 148 Å². The maximum Gasteiger partial charge on any atom is 0.251 e. The molecule has 5 heteroatoms. The smallest absolute Gasteiger partial charge is 0.251 e. The fraction of sp³-hybridized carbons (Fsp3) is 0.300. The van der Waals surface area contributed by atoms with Crippen LogP contribution in [0, 0.1) is 6.92 Å². The van der Waals surface area contributed by atoms with Crippen LogP contribution in [-0.4, -0.2) is 23.6 Å². The number of hydrogen-bond donors (Lipinski definition) is 3. The third-order valence-corrected chi connectivity index (χ3v) is 4.15. The lowest BCUT2D eigenvalue weighted by Gasteiger charge is -2.12. The molecule has 0 atom stereocenters. The van der Waals surface area contributed by atoms with E-state index in [0.717, 1.165) is 29.5 Å². The molecule has 132 valence electrons. The highest BCUT2D eigenvalue weighted by Crippen LogP contribution is 2.25. The second-order valence-corrected chi connectivity index (χ2v) is 5.95.